The molecular weight excluding hydrogens is 312 g/mol. The number of likely N-dealkylation sites (N-methyl/N-ethyl adjacent to an activating group) is 1. The third-order valence-electron chi connectivity index (χ3n) is 4.02. The van der Waals surface area contributed by atoms with Crippen LogP contribution < -0.4 is 5.32 Å². The number of hydrogen-bond donors (Lipinski definition) is 1. The van der Waals surface area contributed by atoms with Gasteiger partial charge in [-0.1, -0.05) is 36.4 Å². The molecule has 0 aromatic heterocycles. The molecule has 0 radical (unpaired) electrons. The molecule has 122 valence electrons. The highest BCUT2D eigenvalue weighted by Crippen LogP contribution is 2.32. The normalized spacial score (nSPS) is 23.7. The van der Waals surface area contributed by atoms with Gasteiger partial charge in [-0.05, 0) is 25.5 Å². The largest absolute Gasteiger partial charge is 0.335 e. The molecular formula is C16H20N4O2S. The van der Waals surface area contributed by atoms with Crippen molar-refractivity contribution in [3.05, 3.63) is 29.8 Å². The number of thioether (sulfide) groups is 1. The summed E-state index contributed by atoms with van der Waals surface area (Å²) in [6, 6.07) is 7.37. The van der Waals surface area contributed by atoms with Gasteiger partial charge in [0.05, 0.1) is 0 Å². The van der Waals surface area contributed by atoms with Crippen molar-refractivity contribution in [1.82, 2.24) is 15.1 Å². The van der Waals surface area contributed by atoms with E-state index >= 15 is 0 Å². The Morgan fingerprint density at radius 1 is 1.26 bits per heavy atom. The maximum atomic E-state index is 12.3. The third kappa shape index (κ3) is 2.93. The number of carbonyl (C=O) groups is 2. The lowest BCUT2D eigenvalue weighted by atomic mass is 10.1. The summed E-state index contributed by atoms with van der Waals surface area (Å²) >= 11 is 1.54. The lowest BCUT2D eigenvalue weighted by Crippen LogP contribution is -2.63. The van der Waals surface area contributed by atoms with Crippen molar-refractivity contribution < 1.29 is 9.59 Å². The second-order valence-electron chi connectivity index (χ2n) is 5.78. The van der Waals surface area contributed by atoms with Crippen LogP contribution in [0.2, 0.25) is 0 Å². The molecule has 1 aromatic carbocycles. The Hall–Kier alpha value is -2.02. The van der Waals surface area contributed by atoms with Crippen LogP contribution in [0.3, 0.4) is 0 Å². The van der Waals surface area contributed by atoms with Gasteiger partial charge in [-0.3, -0.25) is 10.1 Å². The van der Waals surface area contributed by atoms with Crippen LogP contribution in [0.25, 0.3) is 0 Å². The highest BCUT2D eigenvalue weighted by molar-refractivity contribution is 8.13. The fraction of sp³-hybridized carbons (Fsp3) is 0.438. The SMILES string of the molecule is CCCN1C(Sc2ccc(C)cc2)=NC2C1C(=O)NC(=O)N2C. The van der Waals surface area contributed by atoms with E-state index in [0.29, 0.717) is 0 Å². The number of imide groups is 1. The quantitative estimate of drug-likeness (QED) is 0.920. The first kappa shape index (κ1) is 15.9. The number of amides is 3. The molecule has 2 unspecified atom stereocenters. The Labute approximate surface area is 139 Å². The van der Waals surface area contributed by atoms with E-state index in [4.69, 9.17) is 0 Å². The molecule has 7 heteroatoms. The van der Waals surface area contributed by atoms with Crippen LogP contribution in [-0.4, -0.2) is 52.7 Å². The van der Waals surface area contributed by atoms with Crippen molar-refractivity contribution in [1.29, 1.82) is 0 Å². The lowest BCUT2D eigenvalue weighted by molar-refractivity contribution is -0.127. The molecule has 2 atom stereocenters. The zero-order chi connectivity index (χ0) is 16.6. The number of fused-ring (bicyclic) bond motifs is 1. The highest BCUT2D eigenvalue weighted by Gasteiger charge is 2.48. The summed E-state index contributed by atoms with van der Waals surface area (Å²) < 4.78 is 0. The molecule has 6 nitrogen and oxygen atoms in total. The van der Waals surface area contributed by atoms with Crippen LogP contribution in [0.1, 0.15) is 18.9 Å². The van der Waals surface area contributed by atoms with Crippen molar-refractivity contribution in [3.63, 3.8) is 0 Å². The molecule has 1 fully saturated rings. The smallest absolute Gasteiger partial charge is 0.325 e. The van der Waals surface area contributed by atoms with Gasteiger partial charge >= 0.3 is 6.03 Å². The third-order valence-corrected chi connectivity index (χ3v) is 5.05. The van der Waals surface area contributed by atoms with Gasteiger partial charge in [0.25, 0.3) is 5.91 Å². The predicted octanol–water partition coefficient (Wildman–Crippen LogP) is 2.05. The van der Waals surface area contributed by atoms with E-state index in [1.165, 1.54) is 22.2 Å². The Bertz CT molecular complexity index is 659. The molecule has 1 N–H and O–H groups in total. The maximum Gasteiger partial charge on any atom is 0.325 e. The van der Waals surface area contributed by atoms with Crippen molar-refractivity contribution >= 4 is 28.9 Å². The molecule has 2 aliphatic heterocycles. The fourth-order valence-corrected chi connectivity index (χ4v) is 3.74. The zero-order valence-electron chi connectivity index (χ0n) is 13.4. The average Bonchev–Trinajstić information content (AvgIpc) is 2.87. The van der Waals surface area contributed by atoms with E-state index in [2.05, 4.69) is 29.4 Å². The Morgan fingerprint density at radius 3 is 2.61 bits per heavy atom. The van der Waals surface area contributed by atoms with Gasteiger partial charge in [-0.2, -0.15) is 0 Å². The van der Waals surface area contributed by atoms with Gasteiger partial charge in [0, 0.05) is 18.5 Å². The molecule has 0 bridgehead atoms. The second-order valence-corrected chi connectivity index (χ2v) is 6.82. The average molecular weight is 332 g/mol. The number of hydrogen-bond acceptors (Lipinski definition) is 5. The first-order chi connectivity index (χ1) is 11.0. The Morgan fingerprint density at radius 2 is 1.96 bits per heavy atom. The number of carbonyl (C=O) groups excluding carboxylic acids is 2. The summed E-state index contributed by atoms with van der Waals surface area (Å²) in [6.07, 6.45) is 0.456. The van der Waals surface area contributed by atoms with Gasteiger partial charge in [0.2, 0.25) is 0 Å². The first-order valence-electron chi connectivity index (χ1n) is 7.68. The number of urea groups is 1. The van der Waals surface area contributed by atoms with E-state index in [1.807, 2.05) is 24.0 Å². The van der Waals surface area contributed by atoms with Gasteiger partial charge in [-0.25, -0.2) is 9.79 Å². The molecule has 0 saturated carbocycles. The minimum atomic E-state index is -0.448. The van der Waals surface area contributed by atoms with Crippen molar-refractivity contribution in [2.24, 2.45) is 4.99 Å². The van der Waals surface area contributed by atoms with E-state index in [9.17, 15) is 9.59 Å². The maximum absolute atomic E-state index is 12.3. The predicted molar refractivity (Wildman–Crippen MR) is 90.3 cm³/mol. The van der Waals surface area contributed by atoms with Crippen LogP contribution in [0, 0.1) is 6.92 Å². The standard InChI is InChI=1S/C16H20N4O2S/c1-4-9-20-12-13(19(3)15(22)18-14(12)21)17-16(20)23-11-7-5-10(2)6-8-11/h5-8,12-13H,4,9H2,1-3H3,(H,18,21,22). The summed E-state index contributed by atoms with van der Waals surface area (Å²) in [5, 5.41) is 3.20. The number of aryl methyl sites for hydroxylation is 1. The summed E-state index contributed by atoms with van der Waals surface area (Å²) in [7, 11) is 1.67. The van der Waals surface area contributed by atoms with Gasteiger partial charge in [-0.15, -0.1) is 0 Å². The van der Waals surface area contributed by atoms with Crippen LogP contribution in [0.4, 0.5) is 4.79 Å². The Balaban J connectivity index is 1.89. The van der Waals surface area contributed by atoms with E-state index in [1.54, 1.807) is 7.05 Å². The molecule has 3 rings (SSSR count). The summed E-state index contributed by atoms with van der Waals surface area (Å²) in [4.78, 5) is 33.3. The minimum absolute atomic E-state index is 0.269. The van der Waals surface area contributed by atoms with Crippen molar-refractivity contribution in [2.75, 3.05) is 13.6 Å². The molecule has 0 aliphatic carbocycles. The monoisotopic (exact) mass is 332 g/mol. The first-order valence-corrected chi connectivity index (χ1v) is 8.49. The van der Waals surface area contributed by atoms with E-state index < -0.39 is 18.2 Å². The molecule has 0 spiro atoms. The highest BCUT2D eigenvalue weighted by atomic mass is 32.2. The molecule has 1 aromatic rings. The fourth-order valence-electron chi connectivity index (χ4n) is 2.77. The molecule has 2 heterocycles. The number of rotatable bonds is 3. The summed E-state index contributed by atoms with van der Waals surface area (Å²) in [5.74, 6) is -0.269. The molecule has 23 heavy (non-hydrogen) atoms. The van der Waals surface area contributed by atoms with Crippen LogP contribution in [-0.2, 0) is 4.79 Å². The molecule has 1 saturated heterocycles. The number of nitrogens with zero attached hydrogens (tertiary/aromatic N) is 3. The number of nitrogens with one attached hydrogen (secondary N) is 1. The number of amidine groups is 1. The number of benzene rings is 1. The Kier molecular flexibility index (Phi) is 4.30. The zero-order valence-corrected chi connectivity index (χ0v) is 14.3. The summed E-state index contributed by atoms with van der Waals surface area (Å²) in [5.41, 5.74) is 1.20. The van der Waals surface area contributed by atoms with Crippen LogP contribution >= 0.6 is 11.8 Å². The van der Waals surface area contributed by atoms with E-state index in [-0.39, 0.29) is 5.91 Å². The second kappa shape index (κ2) is 6.23. The molecule has 2 aliphatic rings. The topological polar surface area (TPSA) is 65.0 Å². The van der Waals surface area contributed by atoms with Gasteiger partial charge in [0.15, 0.2) is 17.4 Å². The van der Waals surface area contributed by atoms with Crippen LogP contribution in [0.15, 0.2) is 34.2 Å². The minimum Gasteiger partial charge on any atom is -0.335 e. The van der Waals surface area contributed by atoms with Crippen molar-refractivity contribution in [2.45, 2.75) is 37.4 Å². The van der Waals surface area contributed by atoms with Crippen molar-refractivity contribution in [3.8, 4) is 0 Å². The lowest BCUT2D eigenvalue weighted by Gasteiger charge is -2.36. The van der Waals surface area contributed by atoms with Gasteiger partial charge in [0.1, 0.15) is 0 Å². The van der Waals surface area contributed by atoms with E-state index in [0.717, 1.165) is 23.0 Å². The molecule has 3 amide bonds. The number of aliphatic imine (C=N–C) groups is 1. The summed E-state index contributed by atoms with van der Waals surface area (Å²) in [6.45, 7) is 4.84. The van der Waals surface area contributed by atoms with Crippen LogP contribution in [0.5, 0.6) is 0 Å². The van der Waals surface area contributed by atoms with Gasteiger partial charge < -0.3 is 9.80 Å².